The molecular weight excluding hydrogens is 548 g/mol. The maximum Gasteiger partial charge on any atom is 0.387 e. The number of anilines is 1. The molecule has 42 heavy (non-hydrogen) atoms. The molecule has 0 saturated heterocycles. The fraction of sp³-hybridized carbons (Fsp3) is 0.344. The number of aryl methyl sites for hydroxylation is 1. The molecule has 1 aromatic carbocycles. The highest BCUT2D eigenvalue weighted by atomic mass is 19.3. The summed E-state index contributed by atoms with van der Waals surface area (Å²) in [7, 11) is 1.91. The molecule has 0 aliphatic rings. The molecule has 1 unspecified atom stereocenters. The van der Waals surface area contributed by atoms with E-state index in [4.69, 9.17) is 4.98 Å². The molecule has 4 aromatic rings. The van der Waals surface area contributed by atoms with E-state index in [-0.39, 0.29) is 11.3 Å². The third-order valence-electron chi connectivity index (χ3n) is 7.79. The number of ether oxygens (including phenoxy) is 2. The number of hydrogen-bond acceptors (Lipinski definition) is 5. The summed E-state index contributed by atoms with van der Waals surface area (Å²) in [5, 5.41) is 3.53. The molecule has 0 amide bonds. The topological polar surface area (TPSA) is 60.2 Å². The van der Waals surface area contributed by atoms with Crippen molar-refractivity contribution < 1.29 is 31.6 Å². The first-order valence-electron chi connectivity index (χ1n) is 13.5. The summed E-state index contributed by atoms with van der Waals surface area (Å²) in [5.74, 6) is -0.620. The first-order chi connectivity index (χ1) is 19.9. The molecule has 0 fully saturated rings. The monoisotopic (exact) mass is 583 g/mol. The molecule has 4 rings (SSSR count). The smallest absolute Gasteiger partial charge is 0.387 e. The average Bonchev–Trinajstić information content (AvgIpc) is 2.94. The van der Waals surface area contributed by atoms with Crippen LogP contribution in [-0.2, 0) is 18.9 Å². The highest BCUT2D eigenvalue weighted by Crippen LogP contribution is 2.38. The number of alkyl halides is 4. The average molecular weight is 584 g/mol. The van der Waals surface area contributed by atoms with Crippen molar-refractivity contribution >= 4 is 5.82 Å². The Hall–Kier alpha value is -4.21. The lowest BCUT2D eigenvalue weighted by Crippen LogP contribution is -2.49. The lowest BCUT2D eigenvalue weighted by Gasteiger charge is -2.42. The van der Waals surface area contributed by atoms with Gasteiger partial charge in [-0.15, -0.1) is 0 Å². The number of benzene rings is 1. The van der Waals surface area contributed by atoms with Crippen LogP contribution in [0.25, 0.3) is 0 Å². The third kappa shape index (κ3) is 7.35. The predicted octanol–water partition coefficient (Wildman–Crippen LogP) is 7.05. The van der Waals surface area contributed by atoms with Crippen LogP contribution in [0, 0.1) is 0 Å². The molecule has 222 valence electrons. The van der Waals surface area contributed by atoms with Crippen molar-refractivity contribution in [2.24, 2.45) is 7.05 Å². The van der Waals surface area contributed by atoms with Crippen LogP contribution < -0.4 is 19.4 Å². The van der Waals surface area contributed by atoms with Crippen molar-refractivity contribution in [1.82, 2.24) is 9.97 Å². The van der Waals surface area contributed by atoms with E-state index >= 15 is 0 Å². The molecule has 0 aliphatic carbocycles. The lowest BCUT2D eigenvalue weighted by atomic mass is 9.72. The van der Waals surface area contributed by atoms with Gasteiger partial charge < -0.3 is 14.8 Å². The standard InChI is InChI=1S/C32H35F4N4O2/c1-31(2,27-8-6-7-15-37-27)32(3,4)39-28-12-10-23(20-38-28)24(18-21-13-16-40(5)17-14-21)22-9-11-25(41-29(33)34)26(19-22)42-30(35)36/h6-17,19-20,24,29-30H,18H2,1-5H3,(H,38,39)/q+1. The summed E-state index contributed by atoms with van der Waals surface area (Å²) >= 11 is 0. The minimum Gasteiger partial charge on any atom is -0.431 e. The van der Waals surface area contributed by atoms with Crippen molar-refractivity contribution in [1.29, 1.82) is 0 Å². The summed E-state index contributed by atoms with van der Waals surface area (Å²) in [4.78, 5) is 9.24. The molecular formula is C32H35F4N4O2+. The van der Waals surface area contributed by atoms with Gasteiger partial charge in [0, 0.05) is 47.1 Å². The van der Waals surface area contributed by atoms with Crippen LogP contribution in [0.4, 0.5) is 23.4 Å². The zero-order valence-corrected chi connectivity index (χ0v) is 24.2. The number of nitrogens with one attached hydrogen (secondary N) is 1. The molecule has 6 nitrogen and oxygen atoms in total. The van der Waals surface area contributed by atoms with E-state index in [0.717, 1.165) is 16.8 Å². The van der Waals surface area contributed by atoms with Gasteiger partial charge in [-0.1, -0.05) is 32.0 Å². The van der Waals surface area contributed by atoms with Gasteiger partial charge in [0.15, 0.2) is 23.9 Å². The second-order valence-electron chi connectivity index (χ2n) is 11.2. The van der Waals surface area contributed by atoms with Crippen molar-refractivity contribution in [3.63, 3.8) is 0 Å². The number of pyridine rings is 3. The molecule has 0 aliphatic heterocycles. The summed E-state index contributed by atoms with van der Waals surface area (Å²) in [6, 6.07) is 17.7. The number of nitrogens with zero attached hydrogens (tertiary/aromatic N) is 3. The Kier molecular flexibility index (Phi) is 9.33. The highest BCUT2D eigenvalue weighted by Gasteiger charge is 2.39. The fourth-order valence-electron chi connectivity index (χ4n) is 4.67. The molecule has 0 saturated carbocycles. The first-order valence-corrected chi connectivity index (χ1v) is 13.5. The SMILES string of the molecule is C[n+]1ccc(CC(c2ccc(NC(C)(C)C(C)(C)c3ccccn3)nc2)c2ccc(OC(F)F)c(OC(F)F)c2)cc1. The second-order valence-corrected chi connectivity index (χ2v) is 11.2. The minimum absolute atomic E-state index is 0.344. The highest BCUT2D eigenvalue weighted by molar-refractivity contribution is 5.48. The van der Waals surface area contributed by atoms with Gasteiger partial charge in [-0.05, 0) is 67.3 Å². The largest absolute Gasteiger partial charge is 0.431 e. The maximum atomic E-state index is 13.2. The van der Waals surface area contributed by atoms with E-state index in [9.17, 15) is 17.6 Å². The summed E-state index contributed by atoms with van der Waals surface area (Å²) in [5.41, 5.74) is 2.54. The number of aromatic nitrogens is 3. The van der Waals surface area contributed by atoms with Gasteiger partial charge in [0.1, 0.15) is 12.9 Å². The Labute approximate surface area is 243 Å². The quantitative estimate of drug-likeness (QED) is 0.143. The Morgan fingerprint density at radius 1 is 0.810 bits per heavy atom. The van der Waals surface area contributed by atoms with Crippen LogP contribution in [0.2, 0.25) is 0 Å². The van der Waals surface area contributed by atoms with Crippen LogP contribution in [0.3, 0.4) is 0 Å². The number of rotatable bonds is 12. The van der Waals surface area contributed by atoms with E-state index in [1.54, 1.807) is 18.5 Å². The van der Waals surface area contributed by atoms with Gasteiger partial charge >= 0.3 is 13.2 Å². The van der Waals surface area contributed by atoms with Crippen LogP contribution >= 0.6 is 0 Å². The Balaban J connectivity index is 1.67. The Bertz CT molecular complexity index is 1450. The van der Waals surface area contributed by atoms with Crippen molar-refractivity contribution in [2.75, 3.05) is 5.32 Å². The Morgan fingerprint density at radius 3 is 2.07 bits per heavy atom. The van der Waals surface area contributed by atoms with Crippen LogP contribution in [0.15, 0.2) is 85.5 Å². The van der Waals surface area contributed by atoms with E-state index in [0.29, 0.717) is 17.8 Å². The van der Waals surface area contributed by atoms with Crippen LogP contribution in [0.5, 0.6) is 11.5 Å². The second kappa shape index (κ2) is 12.8. The molecule has 0 bridgehead atoms. The first kappa shape index (κ1) is 30.7. The molecule has 0 spiro atoms. The van der Waals surface area contributed by atoms with Gasteiger partial charge in [-0.3, -0.25) is 4.98 Å². The normalized spacial score (nSPS) is 12.8. The predicted molar refractivity (Wildman–Crippen MR) is 152 cm³/mol. The maximum absolute atomic E-state index is 13.2. The summed E-state index contributed by atoms with van der Waals surface area (Å²) in [6.07, 6.45) is 7.83. The number of hydrogen-bond donors (Lipinski definition) is 1. The summed E-state index contributed by atoms with van der Waals surface area (Å²) < 4.78 is 63.0. The zero-order chi connectivity index (χ0) is 30.5. The molecule has 10 heteroatoms. The van der Waals surface area contributed by atoms with Gasteiger partial charge in [0.2, 0.25) is 0 Å². The fourth-order valence-corrected chi connectivity index (χ4v) is 4.67. The van der Waals surface area contributed by atoms with Crippen molar-refractivity contribution in [3.05, 3.63) is 108 Å². The van der Waals surface area contributed by atoms with Gasteiger partial charge in [0.25, 0.3) is 0 Å². The molecule has 3 heterocycles. The van der Waals surface area contributed by atoms with Gasteiger partial charge in [-0.25, -0.2) is 9.55 Å². The molecule has 0 radical (unpaired) electrons. The van der Waals surface area contributed by atoms with E-state index in [2.05, 4.69) is 47.5 Å². The Morgan fingerprint density at radius 2 is 1.48 bits per heavy atom. The lowest BCUT2D eigenvalue weighted by molar-refractivity contribution is -0.671. The van der Waals surface area contributed by atoms with Crippen LogP contribution in [0.1, 0.15) is 56.0 Å². The minimum atomic E-state index is -3.21. The van der Waals surface area contributed by atoms with E-state index in [1.807, 2.05) is 66.5 Å². The van der Waals surface area contributed by atoms with Crippen LogP contribution in [-0.4, -0.2) is 28.7 Å². The zero-order valence-electron chi connectivity index (χ0n) is 24.2. The molecule has 3 aromatic heterocycles. The van der Waals surface area contributed by atoms with E-state index < -0.39 is 30.3 Å². The molecule has 1 atom stereocenters. The van der Waals surface area contributed by atoms with Gasteiger partial charge in [-0.2, -0.15) is 17.6 Å². The van der Waals surface area contributed by atoms with Gasteiger partial charge in [0.05, 0.1) is 0 Å². The van der Waals surface area contributed by atoms with Crippen molar-refractivity contribution in [3.8, 4) is 11.5 Å². The third-order valence-corrected chi connectivity index (χ3v) is 7.79. The number of halogens is 4. The van der Waals surface area contributed by atoms with Crippen molar-refractivity contribution in [2.45, 2.75) is 64.2 Å². The van der Waals surface area contributed by atoms with E-state index in [1.165, 1.54) is 12.1 Å². The molecule has 1 N–H and O–H groups in total. The summed E-state index contributed by atoms with van der Waals surface area (Å²) in [6.45, 7) is 2.01.